The predicted molar refractivity (Wildman–Crippen MR) is 52.1 cm³/mol. The van der Waals surface area contributed by atoms with E-state index in [4.69, 9.17) is 16.7 Å². The Hall–Kier alpha value is -0.860. The molecule has 0 spiro atoms. The van der Waals surface area contributed by atoms with Gasteiger partial charge in [-0.15, -0.1) is 11.6 Å². The highest BCUT2D eigenvalue weighted by atomic mass is 35.5. The lowest BCUT2D eigenvalue weighted by molar-refractivity contribution is 0.275. The van der Waals surface area contributed by atoms with Crippen LogP contribution in [0.2, 0.25) is 0 Å². The summed E-state index contributed by atoms with van der Waals surface area (Å²) in [5.74, 6) is 0.0387. The van der Waals surface area contributed by atoms with Gasteiger partial charge in [0.15, 0.2) is 0 Å². The van der Waals surface area contributed by atoms with E-state index in [0.717, 1.165) is 5.56 Å². The molecular formula is C10H10ClFO. The number of aliphatic hydroxyl groups excluding tert-OH is 1. The van der Waals surface area contributed by atoms with E-state index in [1.807, 2.05) is 0 Å². The van der Waals surface area contributed by atoms with Crippen LogP contribution in [0.5, 0.6) is 0 Å². The summed E-state index contributed by atoms with van der Waals surface area (Å²) in [4.78, 5) is 0. The van der Waals surface area contributed by atoms with Gasteiger partial charge in [-0.25, -0.2) is 4.39 Å². The summed E-state index contributed by atoms with van der Waals surface area (Å²) in [5, 5.41) is 8.78. The predicted octanol–water partition coefficient (Wildman–Crippen LogP) is 2.57. The third-order valence-corrected chi connectivity index (χ3v) is 1.82. The van der Waals surface area contributed by atoms with E-state index < -0.39 is 0 Å². The smallest absolute Gasteiger partial charge is 0.128 e. The van der Waals surface area contributed by atoms with Crippen molar-refractivity contribution in [2.24, 2.45) is 0 Å². The first-order chi connectivity index (χ1) is 6.27. The molecule has 0 radical (unpaired) electrons. The maximum absolute atomic E-state index is 12.9. The molecule has 0 bridgehead atoms. The fourth-order valence-electron chi connectivity index (χ4n) is 1.00. The Labute approximate surface area is 81.5 Å². The van der Waals surface area contributed by atoms with Crippen molar-refractivity contribution < 1.29 is 9.50 Å². The van der Waals surface area contributed by atoms with Crippen LogP contribution >= 0.6 is 11.6 Å². The van der Waals surface area contributed by atoms with Gasteiger partial charge in [-0.1, -0.05) is 18.2 Å². The molecule has 1 rings (SSSR count). The first-order valence-corrected chi connectivity index (χ1v) is 4.43. The van der Waals surface area contributed by atoms with Gasteiger partial charge in [0.05, 0.1) is 6.61 Å². The fourth-order valence-corrected chi connectivity index (χ4v) is 1.09. The quantitative estimate of drug-likeness (QED) is 0.744. The molecule has 0 aliphatic rings. The second kappa shape index (κ2) is 5.00. The average molecular weight is 201 g/mol. The molecule has 1 nitrogen and oxygen atoms in total. The second-order valence-electron chi connectivity index (χ2n) is 2.57. The number of hydrogen-bond donors (Lipinski definition) is 1. The van der Waals surface area contributed by atoms with Crippen LogP contribution in [0.3, 0.4) is 0 Å². The number of rotatable bonds is 3. The normalized spacial score (nSPS) is 11.0. The van der Waals surface area contributed by atoms with Gasteiger partial charge in [0.1, 0.15) is 5.82 Å². The van der Waals surface area contributed by atoms with Gasteiger partial charge in [-0.05, 0) is 17.7 Å². The number of alkyl halides is 1. The lowest BCUT2D eigenvalue weighted by Gasteiger charge is -1.99. The summed E-state index contributed by atoms with van der Waals surface area (Å²) in [6.07, 6.45) is 3.54. The molecule has 1 aromatic carbocycles. The van der Waals surface area contributed by atoms with Crippen molar-refractivity contribution in [3.05, 3.63) is 41.2 Å². The van der Waals surface area contributed by atoms with Gasteiger partial charge in [0.2, 0.25) is 0 Å². The molecule has 0 aliphatic carbocycles. The van der Waals surface area contributed by atoms with E-state index in [1.165, 1.54) is 6.07 Å². The van der Waals surface area contributed by atoms with Gasteiger partial charge in [0.25, 0.3) is 0 Å². The minimum atomic E-state index is -0.384. The Balaban J connectivity index is 2.92. The highest BCUT2D eigenvalue weighted by Crippen LogP contribution is 2.11. The highest BCUT2D eigenvalue weighted by molar-refractivity contribution is 6.19. The van der Waals surface area contributed by atoms with Crippen molar-refractivity contribution >= 4 is 17.7 Å². The molecule has 0 aromatic heterocycles. The SMILES string of the molecule is OCc1cc(C=CCCl)ccc1F. The highest BCUT2D eigenvalue weighted by Gasteiger charge is 1.99. The lowest BCUT2D eigenvalue weighted by Crippen LogP contribution is -1.89. The molecule has 13 heavy (non-hydrogen) atoms. The summed E-state index contributed by atoms with van der Waals surface area (Å²) in [5.41, 5.74) is 1.14. The van der Waals surface area contributed by atoms with Crippen molar-refractivity contribution in [2.75, 3.05) is 5.88 Å². The summed E-state index contributed by atoms with van der Waals surface area (Å²) in [6, 6.07) is 4.56. The summed E-state index contributed by atoms with van der Waals surface area (Å²) in [7, 11) is 0. The average Bonchev–Trinajstić information content (AvgIpc) is 2.16. The maximum atomic E-state index is 12.9. The number of allylic oxidation sites excluding steroid dienone is 1. The van der Waals surface area contributed by atoms with Crippen LogP contribution in [-0.2, 0) is 6.61 Å². The van der Waals surface area contributed by atoms with E-state index in [1.54, 1.807) is 24.3 Å². The van der Waals surface area contributed by atoms with Gasteiger partial charge in [-0.3, -0.25) is 0 Å². The Morgan fingerprint density at radius 2 is 2.23 bits per heavy atom. The zero-order valence-corrected chi connectivity index (χ0v) is 7.76. The van der Waals surface area contributed by atoms with Crippen molar-refractivity contribution in [1.82, 2.24) is 0 Å². The molecule has 0 atom stereocenters. The molecule has 0 fully saturated rings. The minimum Gasteiger partial charge on any atom is -0.392 e. The van der Waals surface area contributed by atoms with Crippen molar-refractivity contribution in [1.29, 1.82) is 0 Å². The Bertz CT molecular complexity index is 310. The minimum absolute atomic E-state index is 0.283. The molecule has 0 saturated carbocycles. The third kappa shape index (κ3) is 2.83. The Kier molecular flexibility index (Phi) is 3.93. The van der Waals surface area contributed by atoms with E-state index in [9.17, 15) is 4.39 Å². The summed E-state index contributed by atoms with van der Waals surface area (Å²) in [6.45, 7) is -0.283. The van der Waals surface area contributed by atoms with E-state index in [2.05, 4.69) is 0 Å². The zero-order valence-electron chi connectivity index (χ0n) is 7.00. The zero-order chi connectivity index (χ0) is 9.68. The largest absolute Gasteiger partial charge is 0.392 e. The number of halogens is 2. The van der Waals surface area contributed by atoms with Crippen LogP contribution in [0.1, 0.15) is 11.1 Å². The standard InChI is InChI=1S/C10H10ClFO/c11-5-1-2-8-3-4-10(12)9(6-8)7-13/h1-4,6,13H,5,7H2. The van der Waals surface area contributed by atoms with Crippen LogP contribution in [0.15, 0.2) is 24.3 Å². The molecule has 1 N–H and O–H groups in total. The summed E-state index contributed by atoms with van der Waals surface area (Å²) < 4.78 is 12.9. The molecule has 0 aliphatic heterocycles. The number of benzene rings is 1. The van der Waals surface area contributed by atoms with Gasteiger partial charge >= 0.3 is 0 Å². The second-order valence-corrected chi connectivity index (χ2v) is 2.87. The molecular weight excluding hydrogens is 191 g/mol. The molecule has 0 heterocycles. The lowest BCUT2D eigenvalue weighted by atomic mass is 10.1. The van der Waals surface area contributed by atoms with E-state index >= 15 is 0 Å². The molecule has 3 heteroatoms. The maximum Gasteiger partial charge on any atom is 0.128 e. The number of aliphatic hydroxyl groups is 1. The fraction of sp³-hybridized carbons (Fsp3) is 0.200. The van der Waals surface area contributed by atoms with Gasteiger partial charge < -0.3 is 5.11 Å². The van der Waals surface area contributed by atoms with Crippen LogP contribution in [0.25, 0.3) is 6.08 Å². The number of hydrogen-bond acceptors (Lipinski definition) is 1. The first-order valence-electron chi connectivity index (χ1n) is 3.89. The van der Waals surface area contributed by atoms with Gasteiger partial charge in [-0.2, -0.15) is 0 Å². The molecule has 70 valence electrons. The van der Waals surface area contributed by atoms with Crippen LogP contribution in [0.4, 0.5) is 4.39 Å². The van der Waals surface area contributed by atoms with E-state index in [-0.39, 0.29) is 12.4 Å². The van der Waals surface area contributed by atoms with Crippen LogP contribution in [-0.4, -0.2) is 11.0 Å². The molecule has 0 unspecified atom stereocenters. The molecule has 1 aromatic rings. The van der Waals surface area contributed by atoms with Crippen molar-refractivity contribution in [3.8, 4) is 0 Å². The summed E-state index contributed by atoms with van der Waals surface area (Å²) >= 11 is 5.45. The topological polar surface area (TPSA) is 20.2 Å². The molecule has 0 saturated heterocycles. The van der Waals surface area contributed by atoms with Crippen molar-refractivity contribution in [3.63, 3.8) is 0 Å². The van der Waals surface area contributed by atoms with Gasteiger partial charge in [0, 0.05) is 11.4 Å². The monoisotopic (exact) mass is 200 g/mol. The van der Waals surface area contributed by atoms with Crippen LogP contribution in [0, 0.1) is 5.82 Å². The Morgan fingerprint density at radius 1 is 1.46 bits per heavy atom. The first kappa shape index (κ1) is 10.2. The van der Waals surface area contributed by atoms with E-state index in [0.29, 0.717) is 11.4 Å². The van der Waals surface area contributed by atoms with Crippen LogP contribution < -0.4 is 0 Å². The molecule has 0 amide bonds. The third-order valence-electron chi connectivity index (χ3n) is 1.64. The van der Waals surface area contributed by atoms with Crippen molar-refractivity contribution in [2.45, 2.75) is 6.61 Å². The Morgan fingerprint density at radius 3 is 2.85 bits per heavy atom.